The minimum Gasteiger partial charge on any atom is -0.480 e. The molecule has 0 spiro atoms. The molecule has 1 aliphatic heterocycles. The number of aliphatic carboxylic acids is 1. The van der Waals surface area contributed by atoms with Crippen molar-refractivity contribution < 1.29 is 19.9 Å². The van der Waals surface area contributed by atoms with Crippen LogP contribution in [0.25, 0.3) is 6.08 Å². The van der Waals surface area contributed by atoms with Gasteiger partial charge in [0.25, 0.3) is 5.91 Å². The van der Waals surface area contributed by atoms with Crippen molar-refractivity contribution >= 4 is 18.0 Å². The number of hydroxylamine groups is 1. The van der Waals surface area contributed by atoms with Gasteiger partial charge in [-0.3, -0.25) is 20.2 Å². The number of amides is 1. The van der Waals surface area contributed by atoms with E-state index in [4.69, 9.17) is 5.21 Å². The van der Waals surface area contributed by atoms with E-state index in [9.17, 15) is 14.7 Å². The van der Waals surface area contributed by atoms with Crippen LogP contribution in [0.5, 0.6) is 0 Å². The summed E-state index contributed by atoms with van der Waals surface area (Å²) < 4.78 is 0. The first kappa shape index (κ1) is 26.1. The quantitative estimate of drug-likeness (QED) is 0.226. The molecule has 7 nitrogen and oxygen atoms in total. The molecule has 1 saturated heterocycles. The molecule has 2 aromatic rings. The number of hydrogen-bond acceptors (Lipinski definition) is 5. The Labute approximate surface area is 213 Å². The van der Waals surface area contributed by atoms with Crippen molar-refractivity contribution in [3.8, 4) is 0 Å². The largest absolute Gasteiger partial charge is 0.480 e. The van der Waals surface area contributed by atoms with E-state index in [1.165, 1.54) is 11.6 Å². The fraction of sp³-hybridized carbons (Fsp3) is 0.448. The Kier molecular flexibility index (Phi) is 8.91. The number of likely N-dealkylation sites (tertiary alicyclic amines) is 1. The van der Waals surface area contributed by atoms with Gasteiger partial charge in [-0.25, -0.2) is 10.3 Å². The molecule has 36 heavy (non-hydrogen) atoms. The van der Waals surface area contributed by atoms with Crippen molar-refractivity contribution in [3.63, 3.8) is 0 Å². The van der Waals surface area contributed by atoms with E-state index in [0.717, 1.165) is 69.3 Å². The third-order valence-electron chi connectivity index (χ3n) is 7.83. The number of nitrogens with zero attached hydrogens (tertiary/aromatic N) is 1. The number of hydrogen-bond donors (Lipinski definition) is 4. The Morgan fingerprint density at radius 2 is 1.64 bits per heavy atom. The molecule has 2 fully saturated rings. The Morgan fingerprint density at radius 1 is 0.972 bits per heavy atom. The number of nitrogens with one attached hydrogen (secondary N) is 2. The number of piperidine rings is 1. The van der Waals surface area contributed by atoms with Crippen molar-refractivity contribution in [3.05, 3.63) is 77.4 Å². The van der Waals surface area contributed by atoms with E-state index in [1.807, 2.05) is 42.5 Å². The topological polar surface area (TPSA) is 102 Å². The Morgan fingerprint density at radius 3 is 2.25 bits per heavy atom. The lowest BCUT2D eigenvalue weighted by Crippen LogP contribution is -2.55. The highest BCUT2D eigenvalue weighted by Gasteiger charge is 2.48. The zero-order chi connectivity index (χ0) is 25.4. The summed E-state index contributed by atoms with van der Waals surface area (Å²) in [4.78, 5) is 26.3. The predicted octanol–water partition coefficient (Wildman–Crippen LogP) is 4.18. The second-order valence-electron chi connectivity index (χ2n) is 10.1. The summed E-state index contributed by atoms with van der Waals surface area (Å²) in [5.41, 5.74) is 3.56. The Hall–Kier alpha value is -3.00. The maximum Gasteiger partial charge on any atom is 0.328 e. The number of carbonyl (C=O) groups is 2. The molecule has 1 heterocycles. The third-order valence-corrected chi connectivity index (χ3v) is 7.83. The second-order valence-corrected chi connectivity index (χ2v) is 10.1. The van der Waals surface area contributed by atoms with Gasteiger partial charge >= 0.3 is 5.97 Å². The highest BCUT2D eigenvalue weighted by atomic mass is 16.5. The average molecular weight is 492 g/mol. The van der Waals surface area contributed by atoms with Gasteiger partial charge in [-0.05, 0) is 79.9 Å². The molecule has 1 saturated carbocycles. The third kappa shape index (κ3) is 6.22. The van der Waals surface area contributed by atoms with E-state index in [1.54, 1.807) is 11.6 Å². The van der Waals surface area contributed by atoms with E-state index in [2.05, 4.69) is 22.3 Å². The van der Waals surface area contributed by atoms with Crippen LogP contribution in [-0.2, 0) is 21.7 Å². The van der Waals surface area contributed by atoms with Gasteiger partial charge in [0.15, 0.2) is 0 Å². The lowest BCUT2D eigenvalue weighted by atomic mass is 9.76. The molecule has 1 aliphatic carbocycles. The van der Waals surface area contributed by atoms with Crippen LogP contribution < -0.4 is 10.8 Å². The first-order valence-electron chi connectivity index (χ1n) is 13.0. The maximum atomic E-state index is 12.7. The normalized spacial score (nSPS) is 19.4. The summed E-state index contributed by atoms with van der Waals surface area (Å²) in [5, 5.41) is 22.6. The van der Waals surface area contributed by atoms with Crippen molar-refractivity contribution in [2.75, 3.05) is 19.6 Å². The first-order chi connectivity index (χ1) is 17.5. The number of carbonyl (C=O) groups excluding carboxylic acids is 1. The molecule has 0 unspecified atom stereocenters. The molecule has 4 N–H and O–H groups in total. The summed E-state index contributed by atoms with van der Waals surface area (Å²) >= 11 is 0. The molecule has 0 aromatic heterocycles. The summed E-state index contributed by atoms with van der Waals surface area (Å²) in [7, 11) is 0. The molecule has 4 rings (SSSR count). The van der Waals surface area contributed by atoms with Crippen molar-refractivity contribution in [2.45, 2.75) is 50.6 Å². The van der Waals surface area contributed by atoms with Crippen LogP contribution in [0, 0.1) is 11.8 Å². The van der Waals surface area contributed by atoms with Crippen LogP contribution in [0.4, 0.5) is 0 Å². The highest BCUT2D eigenvalue weighted by molar-refractivity contribution is 5.90. The Balaban J connectivity index is 1.32. The fourth-order valence-corrected chi connectivity index (χ4v) is 5.77. The van der Waals surface area contributed by atoms with Gasteiger partial charge in [0, 0.05) is 12.6 Å². The van der Waals surface area contributed by atoms with Crippen LogP contribution in [-0.4, -0.2) is 46.7 Å². The molecule has 192 valence electrons. The predicted molar refractivity (Wildman–Crippen MR) is 139 cm³/mol. The molecule has 1 amide bonds. The number of carboxylic acid groups (broad SMARTS) is 1. The average Bonchev–Trinajstić information content (AvgIpc) is 3.45. The SMILES string of the molecule is O=C(C=Cc1ccc(CN2CCC(CN[C@](C(=O)O)(c3ccccc3)C3CCCC3)CC2)cc1)NO. The Bertz CT molecular complexity index is 1030. The zero-order valence-corrected chi connectivity index (χ0v) is 20.7. The molecule has 2 aromatic carbocycles. The summed E-state index contributed by atoms with van der Waals surface area (Å²) in [6, 6.07) is 17.8. The molecule has 0 radical (unpaired) electrons. The number of benzene rings is 2. The summed E-state index contributed by atoms with van der Waals surface area (Å²) in [5.74, 6) is -0.735. The van der Waals surface area contributed by atoms with E-state index in [-0.39, 0.29) is 5.92 Å². The van der Waals surface area contributed by atoms with Crippen LogP contribution in [0.2, 0.25) is 0 Å². The van der Waals surface area contributed by atoms with Crippen LogP contribution in [0.15, 0.2) is 60.7 Å². The molecular weight excluding hydrogens is 454 g/mol. The fourth-order valence-electron chi connectivity index (χ4n) is 5.77. The molecule has 0 bridgehead atoms. The molecular formula is C29H37N3O4. The first-order valence-corrected chi connectivity index (χ1v) is 13.0. The lowest BCUT2D eigenvalue weighted by molar-refractivity contribution is -0.148. The van der Waals surface area contributed by atoms with Gasteiger partial charge in [0.05, 0.1) is 0 Å². The number of rotatable bonds is 10. The van der Waals surface area contributed by atoms with Crippen LogP contribution in [0.1, 0.15) is 55.2 Å². The molecule has 1 atom stereocenters. The van der Waals surface area contributed by atoms with Crippen molar-refractivity contribution in [2.24, 2.45) is 11.8 Å². The second kappa shape index (κ2) is 12.3. The standard InChI is InChI=1S/C29H37N3O4/c33-27(31-36)15-14-22-10-12-24(13-11-22)21-32-18-16-23(17-19-32)20-30-29(28(34)35,26-8-4-5-9-26)25-6-2-1-3-7-25/h1-3,6-7,10-15,23,26,30,36H,4-5,8-9,16-21H2,(H,31,33)(H,34,35)/t29-/m1/s1. The summed E-state index contributed by atoms with van der Waals surface area (Å²) in [6.45, 7) is 3.55. The smallest absolute Gasteiger partial charge is 0.328 e. The zero-order valence-electron chi connectivity index (χ0n) is 20.7. The van der Waals surface area contributed by atoms with Gasteiger partial charge in [-0.1, -0.05) is 67.4 Å². The minimum absolute atomic E-state index is 0.119. The molecule has 2 aliphatic rings. The van der Waals surface area contributed by atoms with Gasteiger partial charge in [0.1, 0.15) is 5.54 Å². The van der Waals surface area contributed by atoms with Crippen LogP contribution >= 0.6 is 0 Å². The minimum atomic E-state index is -1.01. The highest BCUT2D eigenvalue weighted by Crippen LogP contribution is 2.41. The van der Waals surface area contributed by atoms with E-state index in [0.29, 0.717) is 12.5 Å². The summed E-state index contributed by atoms with van der Waals surface area (Å²) in [6.07, 6.45) is 9.14. The van der Waals surface area contributed by atoms with Crippen LogP contribution in [0.3, 0.4) is 0 Å². The maximum absolute atomic E-state index is 12.7. The van der Waals surface area contributed by atoms with Gasteiger partial charge in [-0.15, -0.1) is 0 Å². The van der Waals surface area contributed by atoms with E-state index >= 15 is 0 Å². The number of carboxylic acids is 1. The van der Waals surface area contributed by atoms with Gasteiger partial charge < -0.3 is 5.11 Å². The molecule has 7 heteroatoms. The monoisotopic (exact) mass is 491 g/mol. The van der Waals surface area contributed by atoms with Crippen molar-refractivity contribution in [1.29, 1.82) is 0 Å². The van der Waals surface area contributed by atoms with Crippen molar-refractivity contribution in [1.82, 2.24) is 15.7 Å². The van der Waals surface area contributed by atoms with Gasteiger partial charge in [-0.2, -0.15) is 0 Å². The van der Waals surface area contributed by atoms with E-state index < -0.39 is 17.4 Å². The van der Waals surface area contributed by atoms with Gasteiger partial charge in [0.2, 0.25) is 0 Å². The lowest BCUT2D eigenvalue weighted by Gasteiger charge is -2.39.